The zero-order valence-electron chi connectivity index (χ0n) is 11.7. The first-order valence-corrected chi connectivity index (χ1v) is 7.64. The van der Waals surface area contributed by atoms with E-state index in [2.05, 4.69) is 4.90 Å². The Morgan fingerprint density at radius 1 is 1.19 bits per heavy atom. The normalized spacial score (nSPS) is 15.5. The maximum Gasteiger partial charge on any atom is 0.345 e. The van der Waals surface area contributed by atoms with Gasteiger partial charge in [-0.3, -0.25) is 4.79 Å². The number of nitrogens with zero attached hydrogens (tertiary/aromatic N) is 2. The van der Waals surface area contributed by atoms with Crippen molar-refractivity contribution in [1.82, 2.24) is 4.90 Å². The molecule has 0 aliphatic carbocycles. The van der Waals surface area contributed by atoms with Gasteiger partial charge in [0.2, 0.25) is 5.91 Å². The molecule has 1 aliphatic heterocycles. The lowest BCUT2D eigenvalue weighted by molar-refractivity contribution is -0.129. The van der Waals surface area contributed by atoms with E-state index in [1.807, 2.05) is 23.1 Å². The number of amides is 1. The highest BCUT2D eigenvalue weighted by Crippen LogP contribution is 2.33. The molecule has 1 N–H and O–H groups in total. The van der Waals surface area contributed by atoms with Gasteiger partial charge in [-0.25, -0.2) is 4.79 Å². The first-order chi connectivity index (χ1) is 10.1. The van der Waals surface area contributed by atoms with E-state index in [0.29, 0.717) is 18.0 Å². The van der Waals surface area contributed by atoms with Crippen LogP contribution in [0.5, 0.6) is 0 Å². The van der Waals surface area contributed by atoms with Crippen molar-refractivity contribution >= 4 is 39.0 Å². The summed E-state index contributed by atoms with van der Waals surface area (Å²) in [6, 6.07) is 7.66. The van der Waals surface area contributed by atoms with E-state index < -0.39 is 5.97 Å². The summed E-state index contributed by atoms with van der Waals surface area (Å²) in [6.07, 6.45) is 0. The molecule has 2 heterocycles. The minimum absolute atomic E-state index is 0.108. The largest absolute Gasteiger partial charge is 0.477 e. The Bertz CT molecular complexity index is 702. The van der Waals surface area contributed by atoms with Gasteiger partial charge in [-0.2, -0.15) is 0 Å². The van der Waals surface area contributed by atoms with Crippen molar-refractivity contribution < 1.29 is 14.7 Å². The van der Waals surface area contributed by atoms with Crippen LogP contribution in [0.3, 0.4) is 0 Å². The third kappa shape index (κ3) is 2.58. The first kappa shape index (κ1) is 13.9. The Morgan fingerprint density at radius 3 is 2.52 bits per heavy atom. The zero-order chi connectivity index (χ0) is 15.0. The Hall–Kier alpha value is -2.08. The van der Waals surface area contributed by atoms with Crippen molar-refractivity contribution in [2.75, 3.05) is 31.1 Å². The van der Waals surface area contributed by atoms with Crippen LogP contribution in [0.2, 0.25) is 0 Å². The first-order valence-electron chi connectivity index (χ1n) is 6.82. The van der Waals surface area contributed by atoms with Crippen LogP contribution >= 0.6 is 11.3 Å². The van der Waals surface area contributed by atoms with Gasteiger partial charge in [0, 0.05) is 48.9 Å². The number of carbonyl (C=O) groups is 2. The van der Waals surface area contributed by atoms with Crippen molar-refractivity contribution in [1.29, 1.82) is 0 Å². The molecule has 2 aromatic rings. The molecule has 0 spiro atoms. The van der Waals surface area contributed by atoms with Crippen molar-refractivity contribution in [3.63, 3.8) is 0 Å². The molecule has 5 nitrogen and oxygen atoms in total. The number of thiophene rings is 1. The lowest BCUT2D eigenvalue weighted by Gasteiger charge is -2.36. The molecule has 0 atom stereocenters. The molecule has 0 unspecified atom stereocenters. The van der Waals surface area contributed by atoms with Crippen molar-refractivity contribution in [2.45, 2.75) is 6.92 Å². The molecule has 1 amide bonds. The van der Waals surface area contributed by atoms with E-state index >= 15 is 0 Å². The summed E-state index contributed by atoms with van der Waals surface area (Å²) >= 11 is 1.30. The number of rotatable bonds is 2. The highest BCUT2D eigenvalue weighted by Gasteiger charge is 2.21. The number of aromatic carboxylic acids is 1. The maximum absolute atomic E-state index is 11.4. The molecule has 1 fully saturated rings. The molecule has 1 aromatic carbocycles. The van der Waals surface area contributed by atoms with Crippen molar-refractivity contribution in [3.8, 4) is 0 Å². The molecule has 110 valence electrons. The van der Waals surface area contributed by atoms with Gasteiger partial charge in [-0.15, -0.1) is 11.3 Å². The smallest absolute Gasteiger partial charge is 0.345 e. The maximum atomic E-state index is 11.4. The zero-order valence-corrected chi connectivity index (χ0v) is 12.5. The SMILES string of the molecule is CC(=O)N1CCN(c2cccc3sc(C(=O)O)cc23)CC1. The predicted molar refractivity (Wildman–Crippen MR) is 83.3 cm³/mol. The third-order valence-corrected chi connectivity index (χ3v) is 4.90. The fourth-order valence-corrected chi connectivity index (χ4v) is 3.61. The molecule has 0 bridgehead atoms. The molecular weight excluding hydrogens is 288 g/mol. The van der Waals surface area contributed by atoms with Gasteiger partial charge >= 0.3 is 5.97 Å². The number of carboxylic acids is 1. The summed E-state index contributed by atoms with van der Waals surface area (Å²) in [7, 11) is 0. The van der Waals surface area contributed by atoms with Gasteiger partial charge < -0.3 is 14.9 Å². The van der Waals surface area contributed by atoms with Gasteiger partial charge in [-0.1, -0.05) is 6.07 Å². The molecular formula is C15H16N2O3S. The van der Waals surface area contributed by atoms with Gasteiger partial charge in [0.1, 0.15) is 4.88 Å². The lowest BCUT2D eigenvalue weighted by atomic mass is 10.1. The molecule has 3 rings (SSSR count). The van der Waals surface area contributed by atoms with Gasteiger partial charge in [-0.05, 0) is 18.2 Å². The summed E-state index contributed by atoms with van der Waals surface area (Å²) in [4.78, 5) is 26.9. The Kier molecular flexibility index (Phi) is 3.55. The standard InChI is InChI=1S/C15H16N2O3S/c1-10(18)16-5-7-17(8-6-16)12-3-2-4-13-11(12)9-14(21-13)15(19)20/h2-4,9H,5-8H2,1H3,(H,19,20). The molecule has 0 radical (unpaired) electrons. The summed E-state index contributed by atoms with van der Waals surface area (Å²) in [5, 5.41) is 10.1. The van der Waals surface area contributed by atoms with Crippen LogP contribution in [0.4, 0.5) is 5.69 Å². The van der Waals surface area contributed by atoms with Gasteiger partial charge in [0.15, 0.2) is 0 Å². The van der Waals surface area contributed by atoms with E-state index in [0.717, 1.165) is 28.9 Å². The fraction of sp³-hybridized carbons (Fsp3) is 0.333. The second-order valence-electron chi connectivity index (χ2n) is 5.10. The molecule has 0 saturated carbocycles. The Labute approximate surface area is 126 Å². The lowest BCUT2D eigenvalue weighted by Crippen LogP contribution is -2.48. The minimum Gasteiger partial charge on any atom is -0.477 e. The Balaban J connectivity index is 1.90. The quantitative estimate of drug-likeness (QED) is 0.924. The number of piperazine rings is 1. The van der Waals surface area contributed by atoms with Gasteiger partial charge in [0.25, 0.3) is 0 Å². The van der Waals surface area contributed by atoms with E-state index in [4.69, 9.17) is 5.11 Å². The second kappa shape index (κ2) is 5.37. The van der Waals surface area contributed by atoms with Crippen LogP contribution in [-0.2, 0) is 4.79 Å². The van der Waals surface area contributed by atoms with Gasteiger partial charge in [0.05, 0.1) is 0 Å². The number of benzene rings is 1. The van der Waals surface area contributed by atoms with Crippen LogP contribution in [-0.4, -0.2) is 48.1 Å². The molecule has 1 aromatic heterocycles. The van der Waals surface area contributed by atoms with Crippen molar-refractivity contribution in [3.05, 3.63) is 29.1 Å². The monoisotopic (exact) mass is 304 g/mol. The summed E-state index contributed by atoms with van der Waals surface area (Å²) in [5.41, 5.74) is 1.06. The topological polar surface area (TPSA) is 60.9 Å². The van der Waals surface area contributed by atoms with Crippen LogP contribution in [0, 0.1) is 0 Å². The van der Waals surface area contributed by atoms with Crippen LogP contribution in [0.25, 0.3) is 10.1 Å². The molecule has 6 heteroatoms. The summed E-state index contributed by atoms with van der Waals surface area (Å²) < 4.78 is 0.985. The van der Waals surface area contributed by atoms with E-state index in [-0.39, 0.29) is 5.91 Å². The number of anilines is 1. The summed E-state index contributed by atoms with van der Waals surface area (Å²) in [6.45, 7) is 4.56. The number of carboxylic acid groups (broad SMARTS) is 1. The van der Waals surface area contributed by atoms with E-state index in [9.17, 15) is 9.59 Å². The average molecular weight is 304 g/mol. The van der Waals surface area contributed by atoms with E-state index in [1.54, 1.807) is 13.0 Å². The number of hydrogen-bond donors (Lipinski definition) is 1. The average Bonchev–Trinajstić information content (AvgIpc) is 2.91. The fourth-order valence-electron chi connectivity index (χ4n) is 2.69. The van der Waals surface area contributed by atoms with Crippen molar-refractivity contribution in [2.24, 2.45) is 0 Å². The molecule has 21 heavy (non-hydrogen) atoms. The predicted octanol–water partition coefficient (Wildman–Crippen LogP) is 2.27. The van der Waals surface area contributed by atoms with Crippen LogP contribution < -0.4 is 4.90 Å². The molecule has 1 saturated heterocycles. The third-order valence-electron chi connectivity index (χ3n) is 3.81. The number of carbonyl (C=O) groups excluding carboxylic acids is 1. The van der Waals surface area contributed by atoms with Crippen LogP contribution in [0.15, 0.2) is 24.3 Å². The molecule has 1 aliphatic rings. The van der Waals surface area contributed by atoms with E-state index in [1.165, 1.54) is 11.3 Å². The number of hydrogen-bond acceptors (Lipinski definition) is 4. The second-order valence-corrected chi connectivity index (χ2v) is 6.18. The van der Waals surface area contributed by atoms with Crippen LogP contribution in [0.1, 0.15) is 16.6 Å². The Morgan fingerprint density at radius 2 is 1.90 bits per heavy atom. The minimum atomic E-state index is -0.886. The summed E-state index contributed by atoms with van der Waals surface area (Å²) in [5.74, 6) is -0.778. The highest BCUT2D eigenvalue weighted by atomic mass is 32.1. The highest BCUT2D eigenvalue weighted by molar-refractivity contribution is 7.20. The number of fused-ring (bicyclic) bond motifs is 1.